The van der Waals surface area contributed by atoms with E-state index in [9.17, 15) is 28.6 Å². The number of carbonyl (C=O) groups is 1. The van der Waals surface area contributed by atoms with E-state index < -0.39 is 25.7 Å². The van der Waals surface area contributed by atoms with Gasteiger partial charge in [-0.25, -0.2) is 38.2 Å². The Morgan fingerprint density at radius 1 is 0.914 bits per heavy atom. The van der Waals surface area contributed by atoms with E-state index in [4.69, 9.17) is 51.7 Å². The van der Waals surface area contributed by atoms with E-state index in [0.717, 1.165) is 5.56 Å². The molecule has 4 heterocycles. The molecule has 1 unspecified atom stereocenters. The van der Waals surface area contributed by atoms with Gasteiger partial charge in [0.15, 0.2) is 18.3 Å². The Kier molecular flexibility index (Phi) is 15.7. The Balaban J connectivity index is 1.07. The van der Waals surface area contributed by atoms with Crippen LogP contribution in [0.25, 0.3) is 43.2 Å². The topological polar surface area (TPSA) is 196 Å². The predicted molar refractivity (Wildman–Crippen MR) is 264 cm³/mol. The van der Waals surface area contributed by atoms with Gasteiger partial charge in [0.05, 0.1) is 53.9 Å². The number of phosphoric acid groups is 1. The number of aliphatic carboxylic acids is 1. The number of ether oxygens (including phenoxy) is 4. The minimum atomic E-state index is -4.59. The third-order valence-electron chi connectivity index (χ3n) is 12.1. The number of thiophene rings is 1. The molecule has 16 nitrogen and oxygen atoms in total. The highest BCUT2D eigenvalue weighted by molar-refractivity contribution is 7.46. The Morgan fingerprint density at radius 2 is 1.60 bits per heavy atom. The van der Waals surface area contributed by atoms with Gasteiger partial charge >= 0.3 is 13.8 Å². The number of quaternary nitrogens is 1. The molecule has 366 valence electrons. The van der Waals surface area contributed by atoms with E-state index in [2.05, 4.69) is 19.9 Å². The van der Waals surface area contributed by atoms with E-state index in [1.54, 1.807) is 55.8 Å². The van der Waals surface area contributed by atoms with Crippen molar-refractivity contribution in [2.45, 2.75) is 33.0 Å². The monoisotopic (exact) mass is 1030 g/mol. The van der Waals surface area contributed by atoms with Gasteiger partial charge < -0.3 is 38.3 Å². The van der Waals surface area contributed by atoms with Crippen LogP contribution in [0.15, 0.2) is 91.4 Å². The number of hydrogen-bond acceptors (Lipinski definition) is 13. The molecule has 3 aromatic heterocycles. The summed E-state index contributed by atoms with van der Waals surface area (Å²) in [6.07, 6.45) is 1.38. The number of fused-ring (bicyclic) bond motifs is 1. The lowest BCUT2D eigenvalue weighted by molar-refractivity contribution is -0.928. The highest BCUT2D eigenvalue weighted by Gasteiger charge is 2.33. The highest BCUT2D eigenvalue weighted by atomic mass is 35.5. The first-order valence-electron chi connectivity index (χ1n) is 22.0. The van der Waals surface area contributed by atoms with Gasteiger partial charge in [-0.05, 0) is 78.1 Å². The van der Waals surface area contributed by atoms with Gasteiger partial charge in [-0.15, -0.1) is 11.3 Å². The number of piperazine rings is 1. The summed E-state index contributed by atoms with van der Waals surface area (Å²) in [5.41, 5.74) is 4.91. The molecule has 1 aliphatic heterocycles. The van der Waals surface area contributed by atoms with Crippen LogP contribution in [0.2, 0.25) is 10.0 Å². The van der Waals surface area contributed by atoms with Crippen molar-refractivity contribution in [2.75, 3.05) is 60.2 Å². The number of para-hydroxylation sites is 2. The van der Waals surface area contributed by atoms with Crippen LogP contribution < -0.4 is 18.9 Å². The van der Waals surface area contributed by atoms with E-state index in [1.165, 1.54) is 29.8 Å². The van der Waals surface area contributed by atoms with Crippen LogP contribution >= 0.6 is 42.4 Å². The highest BCUT2D eigenvalue weighted by Crippen LogP contribution is 2.53. The Bertz CT molecular complexity index is 3050. The maximum Gasteiger partial charge on any atom is 0.474 e. The Morgan fingerprint density at radius 3 is 2.29 bits per heavy atom. The van der Waals surface area contributed by atoms with E-state index in [-0.39, 0.29) is 48.0 Å². The number of phosphoric ester groups is 1. The number of likely N-dealkylation sites (N-methyl/N-ethyl adjacent to an activating group) is 1. The third-order valence-corrected chi connectivity index (χ3v) is 14.6. The lowest BCUT2D eigenvalue weighted by atomic mass is 9.92. The van der Waals surface area contributed by atoms with Gasteiger partial charge in [-0.2, -0.15) is 0 Å². The van der Waals surface area contributed by atoms with Crippen LogP contribution in [0.1, 0.15) is 22.4 Å². The number of aromatic nitrogens is 4. The van der Waals surface area contributed by atoms with Crippen molar-refractivity contribution in [1.82, 2.24) is 24.8 Å². The SMILES string of the molecule is COc1ccccc1-c1nccc(COc2ccccc2CC(Oc2ncnc3sc(-c4ccc(F)cc4)c(-c4c(C)c(Cl)c(OCCN5CC[N+](C)(COP(=O)(O)O)CC5)c(Cl)c4C)c23)C(=O)O)n1. The number of halogens is 3. The molecule has 0 radical (unpaired) electrons. The second-order valence-electron chi connectivity index (χ2n) is 16.9. The average molecular weight is 1030 g/mol. The van der Waals surface area contributed by atoms with Gasteiger partial charge in [0.25, 0.3) is 0 Å². The molecule has 21 heteroatoms. The minimum absolute atomic E-state index is 0.00353. The van der Waals surface area contributed by atoms with Crippen molar-refractivity contribution >= 4 is 58.5 Å². The fraction of sp³-hybridized carbons (Fsp3) is 0.286. The molecule has 0 bridgehead atoms. The predicted octanol–water partition coefficient (Wildman–Crippen LogP) is 9.42. The first kappa shape index (κ1) is 50.6. The summed E-state index contributed by atoms with van der Waals surface area (Å²) in [6, 6.07) is 22.2. The van der Waals surface area contributed by atoms with Gasteiger partial charge in [0, 0.05) is 42.7 Å². The van der Waals surface area contributed by atoms with Crippen molar-refractivity contribution < 1.29 is 56.6 Å². The van der Waals surface area contributed by atoms with Gasteiger partial charge in [0.2, 0.25) is 12.0 Å². The number of hydrogen-bond donors (Lipinski definition) is 3. The summed E-state index contributed by atoms with van der Waals surface area (Å²) in [4.78, 5) is 53.0. The number of carboxylic acid groups (broad SMARTS) is 1. The maximum absolute atomic E-state index is 14.4. The number of benzene rings is 4. The molecular formula is C49H49Cl2FN6O10PS+. The lowest BCUT2D eigenvalue weighted by Gasteiger charge is -2.41. The molecule has 7 aromatic rings. The second-order valence-corrected chi connectivity index (χ2v) is 19.9. The van der Waals surface area contributed by atoms with Crippen LogP contribution in [0, 0.1) is 19.7 Å². The molecule has 1 atom stereocenters. The zero-order chi connectivity index (χ0) is 49.7. The summed E-state index contributed by atoms with van der Waals surface area (Å²) >= 11 is 15.6. The van der Waals surface area contributed by atoms with Gasteiger partial charge in [-0.3, -0.25) is 4.90 Å². The third kappa shape index (κ3) is 11.5. The minimum Gasteiger partial charge on any atom is -0.496 e. The number of methoxy groups -OCH3 is 1. The number of rotatable bonds is 19. The second kappa shape index (κ2) is 21.7. The summed E-state index contributed by atoms with van der Waals surface area (Å²) in [7, 11) is -1.12. The van der Waals surface area contributed by atoms with E-state index >= 15 is 0 Å². The Labute approximate surface area is 417 Å². The fourth-order valence-corrected chi connectivity index (χ4v) is 10.3. The molecule has 0 aliphatic carbocycles. The molecule has 1 aliphatic rings. The largest absolute Gasteiger partial charge is 0.496 e. The zero-order valence-corrected chi connectivity index (χ0v) is 41.7. The zero-order valence-electron chi connectivity index (χ0n) is 38.5. The Hall–Kier alpha value is -5.79. The number of carboxylic acids is 1. The molecule has 0 amide bonds. The molecule has 4 aromatic carbocycles. The molecule has 1 fully saturated rings. The lowest BCUT2D eigenvalue weighted by Crippen LogP contribution is -2.58. The molecule has 70 heavy (non-hydrogen) atoms. The van der Waals surface area contributed by atoms with Crippen molar-refractivity contribution in [1.29, 1.82) is 0 Å². The average Bonchev–Trinajstić information content (AvgIpc) is 3.74. The van der Waals surface area contributed by atoms with Crippen LogP contribution in [0.4, 0.5) is 4.39 Å². The molecule has 3 N–H and O–H groups in total. The molecular weight excluding hydrogens is 986 g/mol. The van der Waals surface area contributed by atoms with Crippen LogP contribution in [0.3, 0.4) is 0 Å². The summed E-state index contributed by atoms with van der Waals surface area (Å²) < 4.78 is 55.3. The van der Waals surface area contributed by atoms with E-state index in [0.29, 0.717) is 109 Å². The number of nitrogens with zero attached hydrogens (tertiary/aromatic N) is 6. The van der Waals surface area contributed by atoms with Gasteiger partial charge in [0.1, 0.15) is 41.7 Å². The molecule has 8 rings (SSSR count). The molecule has 0 spiro atoms. The van der Waals surface area contributed by atoms with Crippen molar-refractivity contribution in [3.8, 4) is 56.1 Å². The van der Waals surface area contributed by atoms with E-state index in [1.807, 2.05) is 45.2 Å². The van der Waals surface area contributed by atoms with Crippen molar-refractivity contribution in [2.24, 2.45) is 0 Å². The fourth-order valence-electron chi connectivity index (χ4n) is 8.23. The molecule has 1 saturated heterocycles. The maximum atomic E-state index is 14.4. The standard InChI is InChI=1S/C49H48Cl2FN6O10PS/c1-29-39(30(2)43(51)44(42(29)50)65-24-21-57-19-22-58(3,23-20-57)28-67-69(61,62)63)40-41-47(54-27-55-48(41)70-45(40)31-13-15-33(52)16-14-31)68-38(49(59)60)25-32-9-5-7-11-36(32)66-26-34-17-18-53-46(56-34)35-10-6-8-12-37(35)64-4/h5-18,27,38H,19-26,28H2,1-4H3,(H2-,59,60,61,62,63)/p+1. The summed E-state index contributed by atoms with van der Waals surface area (Å²) in [5.74, 6) is 0.123. The summed E-state index contributed by atoms with van der Waals surface area (Å²) in [5, 5.41) is 11.6. The van der Waals surface area contributed by atoms with Crippen molar-refractivity contribution in [3.05, 3.63) is 130 Å². The smallest absolute Gasteiger partial charge is 0.474 e. The first-order chi connectivity index (χ1) is 33.5. The van der Waals surface area contributed by atoms with Crippen molar-refractivity contribution in [3.63, 3.8) is 0 Å². The quantitative estimate of drug-likeness (QED) is 0.0512. The molecule has 0 saturated carbocycles. The van der Waals surface area contributed by atoms with Crippen LogP contribution in [-0.2, 0) is 26.9 Å². The van der Waals surface area contributed by atoms with Gasteiger partial charge in [-0.1, -0.05) is 65.7 Å². The first-order valence-corrected chi connectivity index (χ1v) is 25.1. The summed E-state index contributed by atoms with van der Waals surface area (Å²) in [6.45, 7) is 6.91. The van der Waals surface area contributed by atoms with Crippen LogP contribution in [0.5, 0.6) is 23.1 Å². The van der Waals surface area contributed by atoms with Crippen LogP contribution in [-0.4, -0.2) is 117 Å². The normalized spacial score (nSPS) is 14.4.